The summed E-state index contributed by atoms with van der Waals surface area (Å²) in [6.45, 7) is 3.76. The molecule has 3 heterocycles. The van der Waals surface area contributed by atoms with E-state index in [2.05, 4.69) is 15.2 Å². The van der Waals surface area contributed by atoms with Crippen LogP contribution in [0.4, 0.5) is 21.8 Å². The van der Waals surface area contributed by atoms with Crippen molar-refractivity contribution in [3.63, 3.8) is 0 Å². The van der Waals surface area contributed by atoms with E-state index in [-0.39, 0.29) is 11.7 Å². The summed E-state index contributed by atoms with van der Waals surface area (Å²) in [6, 6.07) is 14.1. The van der Waals surface area contributed by atoms with Gasteiger partial charge in [-0.05, 0) is 55.2 Å². The van der Waals surface area contributed by atoms with E-state index in [1.54, 1.807) is 30.3 Å². The zero-order chi connectivity index (χ0) is 23.0. The zero-order valence-electron chi connectivity index (χ0n) is 18.7. The second-order valence-corrected chi connectivity index (χ2v) is 8.71. The molecule has 5 rings (SSSR count). The molecule has 0 bridgehead atoms. The van der Waals surface area contributed by atoms with Gasteiger partial charge >= 0.3 is 0 Å². The number of anilines is 3. The Labute approximate surface area is 192 Å². The van der Waals surface area contributed by atoms with Crippen LogP contribution in [0.1, 0.15) is 30.9 Å². The van der Waals surface area contributed by atoms with E-state index >= 15 is 0 Å². The third-order valence-corrected chi connectivity index (χ3v) is 6.47. The second-order valence-electron chi connectivity index (χ2n) is 8.71. The molecule has 1 fully saturated rings. The van der Waals surface area contributed by atoms with Crippen LogP contribution in [0.25, 0.3) is 0 Å². The third-order valence-electron chi connectivity index (χ3n) is 6.47. The molecule has 0 saturated carbocycles. The van der Waals surface area contributed by atoms with Gasteiger partial charge in [-0.2, -0.15) is 4.98 Å². The van der Waals surface area contributed by atoms with Crippen LogP contribution in [-0.2, 0) is 17.9 Å². The Balaban J connectivity index is 1.23. The smallest absolute Gasteiger partial charge is 0.252 e. The number of halogens is 1. The summed E-state index contributed by atoms with van der Waals surface area (Å²) in [5.41, 5.74) is 2.18. The minimum Gasteiger partial charge on any atom is -0.489 e. The topological polar surface area (TPSA) is 70.6 Å². The Morgan fingerprint density at radius 2 is 1.85 bits per heavy atom. The van der Waals surface area contributed by atoms with Gasteiger partial charge in [-0.25, -0.2) is 9.37 Å². The lowest BCUT2D eigenvalue weighted by Crippen LogP contribution is -2.58. The summed E-state index contributed by atoms with van der Waals surface area (Å²) < 4.78 is 18.8. The first-order valence-corrected chi connectivity index (χ1v) is 11.1. The van der Waals surface area contributed by atoms with E-state index in [1.165, 1.54) is 12.1 Å². The van der Waals surface area contributed by atoms with Crippen LogP contribution < -0.4 is 19.9 Å². The highest BCUT2D eigenvalue weighted by molar-refractivity contribution is 6.07. The minimum absolute atomic E-state index is 0.0959. The van der Waals surface area contributed by atoms with E-state index < -0.39 is 5.54 Å². The second kappa shape index (κ2) is 8.35. The maximum atomic E-state index is 13.0. The fraction of sp³-hybridized carbons (Fsp3) is 0.320. The molecule has 8 heteroatoms. The van der Waals surface area contributed by atoms with Gasteiger partial charge in [0.15, 0.2) is 5.82 Å². The predicted octanol–water partition coefficient (Wildman–Crippen LogP) is 4.14. The van der Waals surface area contributed by atoms with Gasteiger partial charge in [0.25, 0.3) is 5.91 Å². The van der Waals surface area contributed by atoms with Crippen molar-refractivity contribution < 1.29 is 13.9 Å². The molecule has 1 saturated heterocycles. The number of amides is 1. The lowest BCUT2D eigenvalue weighted by molar-refractivity contribution is -0.123. The van der Waals surface area contributed by atoms with Gasteiger partial charge in [0, 0.05) is 20.1 Å². The minimum atomic E-state index is -0.531. The van der Waals surface area contributed by atoms with Gasteiger partial charge in [0.1, 0.15) is 29.4 Å². The number of rotatable bonds is 6. The van der Waals surface area contributed by atoms with Gasteiger partial charge in [-0.3, -0.25) is 4.79 Å². The quantitative estimate of drug-likeness (QED) is 0.612. The van der Waals surface area contributed by atoms with E-state index in [0.717, 1.165) is 47.8 Å². The molecule has 1 aromatic heterocycles. The van der Waals surface area contributed by atoms with Crippen LogP contribution >= 0.6 is 0 Å². The van der Waals surface area contributed by atoms with Crippen molar-refractivity contribution in [2.24, 2.45) is 0 Å². The van der Waals surface area contributed by atoms with Crippen LogP contribution in [-0.4, -0.2) is 35.0 Å². The molecule has 7 nitrogen and oxygen atoms in total. The van der Waals surface area contributed by atoms with Crippen molar-refractivity contribution in [2.75, 3.05) is 28.7 Å². The average molecular weight is 448 g/mol. The van der Waals surface area contributed by atoms with E-state index in [0.29, 0.717) is 19.1 Å². The lowest BCUT2D eigenvalue weighted by Gasteiger charge is -2.43. The molecule has 2 aromatic carbocycles. The summed E-state index contributed by atoms with van der Waals surface area (Å²) in [4.78, 5) is 25.8. The van der Waals surface area contributed by atoms with Crippen molar-refractivity contribution in [1.82, 2.24) is 9.97 Å². The van der Waals surface area contributed by atoms with Gasteiger partial charge in [-0.15, -0.1) is 0 Å². The molecule has 1 amide bonds. The number of aromatic nitrogens is 2. The summed E-state index contributed by atoms with van der Waals surface area (Å²) >= 11 is 0. The Kier molecular flexibility index (Phi) is 5.36. The van der Waals surface area contributed by atoms with E-state index in [1.807, 2.05) is 31.2 Å². The van der Waals surface area contributed by atoms with Crippen LogP contribution in [0.15, 0.2) is 54.7 Å². The molecular formula is C25H26FN5O2. The standard InChI is InChI=1S/C25H26FN5O2/c1-25-12-3-13-31(25)22-21(30(2)23(25)32)15-28-24(29-22)27-14-17-6-10-20(11-7-17)33-16-18-4-8-19(26)9-5-18/h4-11,15H,3,12-14,16H2,1-2H3,(H,27,28,29). The first kappa shape index (κ1) is 21.2. The Morgan fingerprint density at radius 1 is 1.12 bits per heavy atom. The normalized spacial score (nSPS) is 19.3. The average Bonchev–Trinajstić information content (AvgIpc) is 3.24. The molecule has 1 atom stereocenters. The molecule has 33 heavy (non-hydrogen) atoms. The number of carbonyl (C=O) groups is 1. The van der Waals surface area contributed by atoms with Crippen molar-refractivity contribution in [2.45, 2.75) is 38.5 Å². The number of hydrogen-bond donors (Lipinski definition) is 1. The largest absolute Gasteiger partial charge is 0.489 e. The first-order chi connectivity index (χ1) is 15.9. The summed E-state index contributed by atoms with van der Waals surface area (Å²) in [5.74, 6) is 1.92. The molecule has 1 unspecified atom stereocenters. The van der Waals surface area contributed by atoms with Gasteiger partial charge in [0.2, 0.25) is 5.95 Å². The molecule has 2 aliphatic heterocycles. The maximum Gasteiger partial charge on any atom is 0.252 e. The molecule has 1 N–H and O–H groups in total. The fourth-order valence-electron chi connectivity index (χ4n) is 4.51. The monoisotopic (exact) mass is 447 g/mol. The molecular weight excluding hydrogens is 421 g/mol. The summed E-state index contributed by atoms with van der Waals surface area (Å²) in [6.07, 6.45) is 3.52. The van der Waals surface area contributed by atoms with Crippen LogP contribution in [0.2, 0.25) is 0 Å². The number of likely N-dealkylation sites (N-methyl/N-ethyl adjacent to an activating group) is 1. The highest BCUT2D eigenvalue weighted by Gasteiger charge is 2.50. The summed E-state index contributed by atoms with van der Waals surface area (Å²) in [7, 11) is 1.79. The van der Waals surface area contributed by atoms with Crippen LogP contribution in [0.3, 0.4) is 0 Å². The van der Waals surface area contributed by atoms with Crippen molar-refractivity contribution >= 4 is 23.4 Å². The molecule has 170 valence electrons. The highest BCUT2D eigenvalue weighted by atomic mass is 19.1. The molecule has 2 aliphatic rings. The number of carbonyl (C=O) groups excluding carboxylic acids is 1. The Hall–Kier alpha value is -3.68. The van der Waals surface area contributed by atoms with E-state index in [9.17, 15) is 9.18 Å². The van der Waals surface area contributed by atoms with Crippen molar-refractivity contribution in [3.8, 4) is 5.75 Å². The number of benzene rings is 2. The third kappa shape index (κ3) is 3.97. The molecule has 0 aliphatic carbocycles. The van der Waals surface area contributed by atoms with Gasteiger partial charge in [0.05, 0.1) is 6.20 Å². The first-order valence-electron chi connectivity index (χ1n) is 11.1. The highest BCUT2D eigenvalue weighted by Crippen LogP contribution is 2.43. The molecule has 3 aromatic rings. The van der Waals surface area contributed by atoms with Crippen LogP contribution in [0, 0.1) is 5.82 Å². The number of hydrogen-bond acceptors (Lipinski definition) is 6. The lowest BCUT2D eigenvalue weighted by atomic mass is 9.94. The van der Waals surface area contributed by atoms with E-state index in [4.69, 9.17) is 9.72 Å². The van der Waals surface area contributed by atoms with Crippen molar-refractivity contribution in [3.05, 3.63) is 71.7 Å². The SMILES string of the molecule is CN1C(=O)C2(C)CCCN2c2nc(NCc3ccc(OCc4ccc(F)cc4)cc3)ncc21. The number of fused-ring (bicyclic) bond motifs is 3. The van der Waals surface area contributed by atoms with Crippen LogP contribution in [0.5, 0.6) is 5.75 Å². The van der Waals surface area contributed by atoms with Gasteiger partial charge < -0.3 is 19.9 Å². The molecule has 0 radical (unpaired) electrons. The Morgan fingerprint density at radius 3 is 2.61 bits per heavy atom. The predicted molar refractivity (Wildman–Crippen MR) is 125 cm³/mol. The number of nitrogens with one attached hydrogen (secondary N) is 1. The van der Waals surface area contributed by atoms with Gasteiger partial charge in [-0.1, -0.05) is 24.3 Å². The Bertz CT molecular complexity index is 1170. The number of nitrogens with zero attached hydrogens (tertiary/aromatic N) is 4. The maximum absolute atomic E-state index is 13.0. The summed E-state index contributed by atoms with van der Waals surface area (Å²) in [5, 5.41) is 3.28. The number of ether oxygens (including phenoxy) is 1. The molecule has 0 spiro atoms. The van der Waals surface area contributed by atoms with Crippen molar-refractivity contribution in [1.29, 1.82) is 0 Å². The zero-order valence-corrected chi connectivity index (χ0v) is 18.7. The fourth-order valence-corrected chi connectivity index (χ4v) is 4.51.